The van der Waals surface area contributed by atoms with Gasteiger partial charge < -0.3 is 12.9 Å². The molecule has 0 N–H and O–H groups in total. The fourth-order valence-corrected chi connectivity index (χ4v) is 2.56. The minimum Gasteiger partial charge on any atom is -0.394 e. The van der Waals surface area contributed by atoms with Gasteiger partial charge in [-0.2, -0.15) is 0 Å². The van der Waals surface area contributed by atoms with Crippen LogP contribution in [0.15, 0.2) is 0 Å². The number of piperazine rings is 1. The van der Waals surface area contributed by atoms with Gasteiger partial charge in [0.05, 0.1) is 11.3 Å². The molecule has 0 radical (unpaired) electrons. The summed E-state index contributed by atoms with van der Waals surface area (Å²) in [7, 11) is 0. The Balaban J connectivity index is 2.70. The van der Waals surface area contributed by atoms with Crippen LogP contribution in [0.4, 0.5) is 0 Å². The van der Waals surface area contributed by atoms with E-state index in [1.165, 1.54) is 29.9 Å². The lowest BCUT2D eigenvalue weighted by Crippen LogP contribution is -2.54. The van der Waals surface area contributed by atoms with Crippen molar-refractivity contribution in [2.24, 2.45) is 11.3 Å². The van der Waals surface area contributed by atoms with E-state index in [-0.39, 0.29) is 11.8 Å². The van der Waals surface area contributed by atoms with E-state index in [9.17, 15) is 14.4 Å². The molecule has 1 aliphatic rings. The molecular weight excluding hydrogens is 375 g/mol. The number of nitrogens with zero attached hydrogens (tertiary/aromatic N) is 2. The Kier molecular flexibility index (Phi) is 5.79. The van der Waals surface area contributed by atoms with Crippen molar-refractivity contribution in [3.63, 3.8) is 0 Å². The highest BCUT2D eigenvalue weighted by Gasteiger charge is 2.42. The van der Waals surface area contributed by atoms with Gasteiger partial charge in [-0.1, -0.05) is 20.8 Å². The third kappa shape index (κ3) is 3.62. The van der Waals surface area contributed by atoms with Crippen molar-refractivity contribution >= 4 is 40.8 Å². The quantitative estimate of drug-likeness (QED) is 0.674. The van der Waals surface area contributed by atoms with E-state index in [1.807, 2.05) is 0 Å². The molecule has 0 aromatic heterocycles. The van der Waals surface area contributed by atoms with Crippen LogP contribution in [0.5, 0.6) is 0 Å². The van der Waals surface area contributed by atoms with Gasteiger partial charge in [0.25, 0.3) is 0 Å². The van der Waals surface area contributed by atoms with Crippen molar-refractivity contribution in [1.29, 1.82) is 0 Å². The summed E-state index contributed by atoms with van der Waals surface area (Å²) >= 11 is 1.54. The van der Waals surface area contributed by atoms with Crippen LogP contribution in [-0.4, -0.2) is 53.8 Å². The maximum absolute atomic E-state index is 12.6. The van der Waals surface area contributed by atoms with Crippen molar-refractivity contribution in [2.45, 2.75) is 27.7 Å². The van der Waals surface area contributed by atoms with Crippen LogP contribution in [0.1, 0.15) is 27.7 Å². The van der Waals surface area contributed by atoms with Gasteiger partial charge >= 0.3 is 5.97 Å². The van der Waals surface area contributed by atoms with Crippen LogP contribution in [-0.2, 0) is 17.4 Å². The molecule has 20 heavy (non-hydrogen) atoms. The number of amides is 2. The summed E-state index contributed by atoms with van der Waals surface area (Å²) in [6.07, 6.45) is 0. The molecule has 1 atom stereocenters. The van der Waals surface area contributed by atoms with Gasteiger partial charge in [0.1, 0.15) is 0 Å². The highest BCUT2D eigenvalue weighted by atomic mass is 127. The van der Waals surface area contributed by atoms with E-state index >= 15 is 0 Å². The fraction of sp³-hybridized carbons (Fsp3) is 0.769. The molecule has 1 fully saturated rings. The van der Waals surface area contributed by atoms with Crippen molar-refractivity contribution in [3.05, 3.63) is 0 Å². The molecule has 0 bridgehead atoms. The zero-order valence-corrected chi connectivity index (χ0v) is 14.5. The first kappa shape index (κ1) is 17.2. The molecule has 1 unspecified atom stereocenters. The highest BCUT2D eigenvalue weighted by molar-refractivity contribution is 14.1. The van der Waals surface area contributed by atoms with Crippen molar-refractivity contribution in [1.82, 2.24) is 9.80 Å². The molecule has 1 rings (SSSR count). The molecule has 114 valence electrons. The normalized spacial score (nSPS) is 17.6. The first-order valence-corrected chi connectivity index (χ1v) is 7.47. The number of carbonyl (C=O) groups is 3. The van der Waals surface area contributed by atoms with Crippen LogP contribution >= 0.6 is 23.0 Å². The van der Waals surface area contributed by atoms with Crippen molar-refractivity contribution in [3.8, 4) is 0 Å². The SMILES string of the molecule is CC(=O)N1CCN(C(=O)C(C)(C)C(C)C(=O)OI)CC1. The van der Waals surface area contributed by atoms with Crippen molar-refractivity contribution < 1.29 is 17.4 Å². The summed E-state index contributed by atoms with van der Waals surface area (Å²) in [5.74, 6) is -0.961. The number of carbonyl (C=O) groups excluding carboxylic acids is 3. The Hall–Kier alpha value is -0.860. The molecule has 0 aromatic carbocycles. The first-order valence-electron chi connectivity index (χ1n) is 6.59. The van der Waals surface area contributed by atoms with Crippen LogP contribution < -0.4 is 0 Å². The van der Waals surface area contributed by atoms with E-state index in [2.05, 4.69) is 0 Å². The average Bonchev–Trinajstić information content (AvgIpc) is 2.44. The topological polar surface area (TPSA) is 66.9 Å². The Morgan fingerprint density at radius 2 is 1.55 bits per heavy atom. The zero-order valence-electron chi connectivity index (χ0n) is 12.3. The van der Waals surface area contributed by atoms with Gasteiger partial charge in [0.15, 0.2) is 23.0 Å². The summed E-state index contributed by atoms with van der Waals surface area (Å²) in [6, 6.07) is 0. The van der Waals surface area contributed by atoms with E-state index < -0.39 is 17.3 Å². The van der Waals surface area contributed by atoms with Gasteiger partial charge in [0.2, 0.25) is 11.8 Å². The third-order valence-electron chi connectivity index (χ3n) is 4.08. The van der Waals surface area contributed by atoms with Crippen LogP contribution in [0.3, 0.4) is 0 Å². The van der Waals surface area contributed by atoms with E-state index in [0.717, 1.165) is 0 Å². The monoisotopic (exact) mass is 396 g/mol. The standard InChI is InChI=1S/C13H21IN2O4/c1-9(11(18)20-14)13(3,4)12(19)16-7-5-15(6-8-16)10(2)17/h9H,5-8H2,1-4H3. The number of hydrogen-bond donors (Lipinski definition) is 0. The molecule has 0 spiro atoms. The van der Waals surface area contributed by atoms with Crippen LogP contribution in [0.25, 0.3) is 0 Å². The van der Waals surface area contributed by atoms with Gasteiger partial charge in [0, 0.05) is 33.1 Å². The van der Waals surface area contributed by atoms with Crippen molar-refractivity contribution in [2.75, 3.05) is 26.2 Å². The predicted molar refractivity (Wildman–Crippen MR) is 81.9 cm³/mol. The second kappa shape index (κ2) is 6.73. The van der Waals surface area contributed by atoms with Gasteiger partial charge in [-0.05, 0) is 0 Å². The number of rotatable bonds is 3. The lowest BCUT2D eigenvalue weighted by atomic mass is 9.78. The lowest BCUT2D eigenvalue weighted by Gasteiger charge is -2.39. The molecule has 7 heteroatoms. The lowest BCUT2D eigenvalue weighted by molar-refractivity contribution is -0.153. The molecule has 1 heterocycles. The molecule has 1 saturated heterocycles. The molecule has 1 aliphatic heterocycles. The second-order valence-corrected chi connectivity index (χ2v) is 6.08. The van der Waals surface area contributed by atoms with E-state index in [4.69, 9.17) is 3.07 Å². The van der Waals surface area contributed by atoms with E-state index in [0.29, 0.717) is 26.2 Å². The summed E-state index contributed by atoms with van der Waals surface area (Å²) in [4.78, 5) is 38.9. The maximum Gasteiger partial charge on any atom is 0.319 e. The summed E-state index contributed by atoms with van der Waals surface area (Å²) in [5.41, 5.74) is -0.819. The zero-order chi connectivity index (χ0) is 15.5. The third-order valence-corrected chi connectivity index (χ3v) is 4.51. The van der Waals surface area contributed by atoms with Gasteiger partial charge in [-0.3, -0.25) is 14.4 Å². The first-order chi connectivity index (χ1) is 9.21. The molecule has 2 amide bonds. The molecule has 6 nitrogen and oxygen atoms in total. The Bertz CT molecular complexity index is 403. The smallest absolute Gasteiger partial charge is 0.319 e. The molecule has 0 saturated carbocycles. The summed E-state index contributed by atoms with van der Waals surface area (Å²) in [6.45, 7) is 8.84. The Morgan fingerprint density at radius 3 is 1.95 bits per heavy atom. The maximum atomic E-state index is 12.6. The summed E-state index contributed by atoms with van der Waals surface area (Å²) in [5, 5.41) is 0. The molecule has 0 aromatic rings. The fourth-order valence-electron chi connectivity index (χ4n) is 2.18. The number of halogens is 1. The van der Waals surface area contributed by atoms with Crippen LogP contribution in [0.2, 0.25) is 0 Å². The second-order valence-electron chi connectivity index (χ2n) is 5.64. The molecule has 0 aliphatic carbocycles. The highest BCUT2D eigenvalue weighted by Crippen LogP contribution is 2.31. The van der Waals surface area contributed by atoms with Gasteiger partial charge in [-0.15, -0.1) is 0 Å². The number of hydrogen-bond acceptors (Lipinski definition) is 4. The Labute approximate surface area is 133 Å². The Morgan fingerprint density at radius 1 is 1.10 bits per heavy atom. The average molecular weight is 396 g/mol. The van der Waals surface area contributed by atoms with E-state index in [1.54, 1.807) is 30.6 Å². The molecular formula is C13H21IN2O4. The minimum atomic E-state index is -0.819. The largest absolute Gasteiger partial charge is 0.394 e. The van der Waals surface area contributed by atoms with Crippen LogP contribution in [0, 0.1) is 11.3 Å². The minimum absolute atomic E-state index is 0.0261. The summed E-state index contributed by atoms with van der Waals surface area (Å²) < 4.78 is 4.69. The predicted octanol–water partition coefficient (Wildman–Crippen LogP) is 1.23. The van der Waals surface area contributed by atoms with Gasteiger partial charge in [-0.25, -0.2) is 0 Å².